The van der Waals surface area contributed by atoms with Crippen LogP contribution in [0.25, 0.3) is 0 Å². The van der Waals surface area contributed by atoms with Crippen LogP contribution in [0.2, 0.25) is 5.02 Å². The molecule has 0 fully saturated rings. The van der Waals surface area contributed by atoms with Crippen molar-refractivity contribution in [2.24, 2.45) is 5.73 Å². The van der Waals surface area contributed by atoms with Crippen LogP contribution in [0.3, 0.4) is 0 Å². The summed E-state index contributed by atoms with van der Waals surface area (Å²) in [6.07, 6.45) is 5.93. The van der Waals surface area contributed by atoms with Gasteiger partial charge in [0, 0.05) is 61.9 Å². The van der Waals surface area contributed by atoms with Crippen molar-refractivity contribution >= 4 is 17.3 Å². The van der Waals surface area contributed by atoms with Gasteiger partial charge in [0.2, 0.25) is 0 Å². The summed E-state index contributed by atoms with van der Waals surface area (Å²) in [5, 5.41) is 7.82. The first-order valence-corrected chi connectivity index (χ1v) is 11.2. The number of rotatable bonds is 12. The number of nitrogens with two attached hydrogens (primary N) is 1. The molecular formula is C23H38ClN5. The molecule has 1 aromatic rings. The SMILES string of the molecule is C=C(NCCNCCN(CC)c1ccc(Cl)cc1)C1=C(N(C)CN)CCCCC1. The Morgan fingerprint density at radius 3 is 2.52 bits per heavy atom. The maximum atomic E-state index is 5.99. The van der Waals surface area contributed by atoms with E-state index in [1.807, 2.05) is 12.1 Å². The van der Waals surface area contributed by atoms with Gasteiger partial charge < -0.3 is 26.2 Å². The van der Waals surface area contributed by atoms with Crippen molar-refractivity contribution in [2.45, 2.75) is 39.0 Å². The summed E-state index contributed by atoms with van der Waals surface area (Å²) in [5.74, 6) is 0. The van der Waals surface area contributed by atoms with Gasteiger partial charge in [-0.2, -0.15) is 0 Å². The first kappa shape index (κ1) is 23.6. The van der Waals surface area contributed by atoms with Crippen LogP contribution in [0.5, 0.6) is 0 Å². The van der Waals surface area contributed by atoms with Gasteiger partial charge in [0.15, 0.2) is 0 Å². The topological polar surface area (TPSA) is 56.6 Å². The number of benzene rings is 1. The Balaban J connectivity index is 1.74. The van der Waals surface area contributed by atoms with Gasteiger partial charge in [-0.1, -0.05) is 24.6 Å². The predicted molar refractivity (Wildman–Crippen MR) is 126 cm³/mol. The van der Waals surface area contributed by atoms with E-state index in [0.29, 0.717) is 6.67 Å². The second kappa shape index (κ2) is 12.8. The molecule has 0 aliphatic heterocycles. The molecule has 5 nitrogen and oxygen atoms in total. The van der Waals surface area contributed by atoms with Crippen LogP contribution in [0, 0.1) is 0 Å². The van der Waals surface area contributed by atoms with E-state index in [2.05, 4.69) is 53.1 Å². The maximum Gasteiger partial charge on any atom is 0.0650 e. The summed E-state index contributed by atoms with van der Waals surface area (Å²) < 4.78 is 0. The van der Waals surface area contributed by atoms with Gasteiger partial charge in [-0.25, -0.2) is 0 Å². The van der Waals surface area contributed by atoms with Crippen molar-refractivity contribution < 1.29 is 0 Å². The molecule has 0 saturated carbocycles. The monoisotopic (exact) mass is 419 g/mol. The molecule has 1 aromatic carbocycles. The van der Waals surface area contributed by atoms with Crippen molar-refractivity contribution in [3.05, 3.63) is 52.8 Å². The fraction of sp³-hybridized carbons (Fsp3) is 0.565. The van der Waals surface area contributed by atoms with Crippen LogP contribution >= 0.6 is 11.6 Å². The van der Waals surface area contributed by atoms with Crippen LogP contribution in [0.15, 0.2) is 47.8 Å². The molecule has 0 bridgehead atoms. The predicted octanol–water partition coefficient (Wildman–Crippen LogP) is 3.93. The van der Waals surface area contributed by atoms with E-state index in [9.17, 15) is 0 Å². The summed E-state index contributed by atoms with van der Waals surface area (Å²) in [4.78, 5) is 4.52. The highest BCUT2D eigenvalue weighted by Gasteiger charge is 2.16. The molecular weight excluding hydrogens is 382 g/mol. The second-order valence-electron chi connectivity index (χ2n) is 7.58. The minimum absolute atomic E-state index is 0.551. The Bertz CT molecular complexity index is 656. The number of hydrogen-bond acceptors (Lipinski definition) is 5. The second-order valence-corrected chi connectivity index (χ2v) is 8.01. The molecule has 162 valence electrons. The van der Waals surface area contributed by atoms with Crippen LogP contribution in [0.4, 0.5) is 5.69 Å². The Kier molecular flexibility index (Phi) is 10.4. The molecule has 0 atom stereocenters. The number of allylic oxidation sites excluding steroid dienone is 2. The number of hydrogen-bond donors (Lipinski definition) is 3. The van der Waals surface area contributed by atoms with Crippen molar-refractivity contribution in [3.63, 3.8) is 0 Å². The van der Waals surface area contributed by atoms with Crippen LogP contribution < -0.4 is 21.3 Å². The minimum Gasteiger partial charge on any atom is -0.384 e. The van der Waals surface area contributed by atoms with Gasteiger partial charge in [-0.05, 0) is 62.4 Å². The smallest absolute Gasteiger partial charge is 0.0650 e. The Labute approximate surface area is 182 Å². The molecule has 29 heavy (non-hydrogen) atoms. The molecule has 1 aliphatic carbocycles. The zero-order valence-electron chi connectivity index (χ0n) is 18.1. The molecule has 0 heterocycles. The Morgan fingerprint density at radius 2 is 1.83 bits per heavy atom. The molecule has 0 saturated heterocycles. The van der Waals surface area contributed by atoms with Gasteiger partial charge in [-0.3, -0.25) is 0 Å². The number of nitrogens with one attached hydrogen (secondary N) is 2. The average Bonchev–Trinajstić information content (AvgIpc) is 2.99. The third-order valence-corrected chi connectivity index (χ3v) is 5.81. The maximum absolute atomic E-state index is 5.99. The minimum atomic E-state index is 0.551. The van der Waals surface area contributed by atoms with E-state index < -0.39 is 0 Å². The quantitative estimate of drug-likeness (QED) is 0.354. The zero-order chi connectivity index (χ0) is 21.1. The summed E-state index contributed by atoms with van der Waals surface area (Å²) in [6.45, 7) is 11.7. The lowest BCUT2D eigenvalue weighted by atomic mass is 10.1. The summed E-state index contributed by atoms with van der Waals surface area (Å²) in [7, 11) is 2.08. The summed E-state index contributed by atoms with van der Waals surface area (Å²) >= 11 is 5.99. The van der Waals surface area contributed by atoms with Gasteiger partial charge >= 0.3 is 0 Å². The fourth-order valence-electron chi connectivity index (χ4n) is 3.79. The Morgan fingerprint density at radius 1 is 1.10 bits per heavy atom. The van der Waals surface area contributed by atoms with Crippen molar-refractivity contribution in [3.8, 4) is 0 Å². The zero-order valence-corrected chi connectivity index (χ0v) is 18.9. The van der Waals surface area contributed by atoms with Gasteiger partial charge in [0.25, 0.3) is 0 Å². The van der Waals surface area contributed by atoms with E-state index in [1.54, 1.807) is 0 Å². The summed E-state index contributed by atoms with van der Waals surface area (Å²) in [6, 6.07) is 8.05. The molecule has 4 N–H and O–H groups in total. The van der Waals surface area contributed by atoms with Crippen LogP contribution in [-0.4, -0.2) is 51.3 Å². The van der Waals surface area contributed by atoms with E-state index in [4.69, 9.17) is 17.3 Å². The highest BCUT2D eigenvalue weighted by molar-refractivity contribution is 6.30. The van der Waals surface area contributed by atoms with E-state index in [1.165, 1.54) is 36.2 Å². The van der Waals surface area contributed by atoms with E-state index >= 15 is 0 Å². The first-order chi connectivity index (χ1) is 14.1. The van der Waals surface area contributed by atoms with Gasteiger partial charge in [0.1, 0.15) is 0 Å². The van der Waals surface area contributed by atoms with Crippen LogP contribution in [-0.2, 0) is 0 Å². The van der Waals surface area contributed by atoms with Gasteiger partial charge in [0.05, 0.1) is 6.67 Å². The molecule has 6 heteroatoms. The van der Waals surface area contributed by atoms with Crippen molar-refractivity contribution in [1.82, 2.24) is 15.5 Å². The highest BCUT2D eigenvalue weighted by Crippen LogP contribution is 2.28. The lowest BCUT2D eigenvalue weighted by Gasteiger charge is -2.25. The highest BCUT2D eigenvalue weighted by atomic mass is 35.5. The molecule has 0 aromatic heterocycles. The average molecular weight is 420 g/mol. The molecule has 0 radical (unpaired) electrons. The lowest BCUT2D eigenvalue weighted by molar-refractivity contribution is 0.406. The van der Waals surface area contributed by atoms with E-state index in [0.717, 1.165) is 56.3 Å². The molecule has 2 rings (SSSR count). The molecule has 1 aliphatic rings. The third-order valence-electron chi connectivity index (χ3n) is 5.56. The third kappa shape index (κ3) is 7.57. The number of likely N-dealkylation sites (N-methyl/N-ethyl adjacent to an activating group) is 1. The normalized spacial score (nSPS) is 14.5. The molecule has 0 unspecified atom stereocenters. The standard InChI is InChI=1S/C23H38ClN5/c1-4-29(21-12-10-20(24)11-13-21)17-16-26-14-15-27-19(2)22-8-6-5-7-9-23(22)28(3)18-25/h10-13,26-27H,2,4-9,14-18,25H2,1,3H3. The van der Waals surface area contributed by atoms with Crippen LogP contribution in [0.1, 0.15) is 39.0 Å². The Hall–Kier alpha value is -1.69. The first-order valence-electron chi connectivity index (χ1n) is 10.8. The number of anilines is 1. The summed E-state index contributed by atoms with van der Waals surface area (Å²) in [5.41, 5.74) is 10.9. The van der Waals surface area contributed by atoms with Crippen molar-refractivity contribution in [1.29, 1.82) is 0 Å². The number of nitrogens with zero attached hydrogens (tertiary/aromatic N) is 2. The van der Waals surface area contributed by atoms with E-state index in [-0.39, 0.29) is 0 Å². The lowest BCUT2D eigenvalue weighted by Crippen LogP contribution is -2.35. The fourth-order valence-corrected chi connectivity index (χ4v) is 3.92. The molecule has 0 spiro atoms. The molecule has 0 amide bonds. The number of halogens is 1. The largest absolute Gasteiger partial charge is 0.384 e. The van der Waals surface area contributed by atoms with Crippen molar-refractivity contribution in [2.75, 3.05) is 51.3 Å². The van der Waals surface area contributed by atoms with Gasteiger partial charge in [-0.15, -0.1) is 0 Å².